The number of fused-ring (bicyclic) bond motifs is 1. The van der Waals surface area contributed by atoms with E-state index in [-0.39, 0.29) is 11.8 Å². The molecule has 120 valence electrons. The van der Waals surface area contributed by atoms with E-state index in [1.807, 2.05) is 4.90 Å². The van der Waals surface area contributed by atoms with Gasteiger partial charge in [-0.05, 0) is 25.7 Å². The van der Waals surface area contributed by atoms with Gasteiger partial charge >= 0.3 is 0 Å². The minimum absolute atomic E-state index is 0.0367. The summed E-state index contributed by atoms with van der Waals surface area (Å²) in [5, 5.41) is 2.94. The lowest BCUT2D eigenvalue weighted by Gasteiger charge is -2.20. The highest BCUT2D eigenvalue weighted by Gasteiger charge is 2.19. The van der Waals surface area contributed by atoms with Crippen molar-refractivity contribution in [2.45, 2.75) is 57.9 Å². The first-order valence-corrected chi connectivity index (χ1v) is 8.36. The summed E-state index contributed by atoms with van der Waals surface area (Å²) >= 11 is 0. The zero-order valence-corrected chi connectivity index (χ0v) is 13.0. The summed E-state index contributed by atoms with van der Waals surface area (Å²) in [5.74, 6) is 2.00. The minimum atomic E-state index is -0.0367. The Hall–Kier alpha value is -1.85. The molecule has 2 aliphatic rings. The van der Waals surface area contributed by atoms with Crippen LogP contribution in [0.5, 0.6) is 0 Å². The smallest absolute Gasteiger partial charge is 0.227 e. The van der Waals surface area contributed by atoms with E-state index in [1.54, 1.807) is 6.20 Å². The lowest BCUT2D eigenvalue weighted by molar-refractivity contribution is -0.131. The van der Waals surface area contributed by atoms with E-state index in [9.17, 15) is 9.59 Å². The second-order valence-corrected chi connectivity index (χ2v) is 6.16. The fourth-order valence-corrected chi connectivity index (χ4v) is 3.23. The molecule has 1 N–H and O–H groups in total. The van der Waals surface area contributed by atoms with Crippen molar-refractivity contribution >= 4 is 17.6 Å². The van der Waals surface area contributed by atoms with E-state index in [2.05, 4.69) is 14.9 Å². The van der Waals surface area contributed by atoms with Crippen molar-refractivity contribution in [3.05, 3.63) is 12.0 Å². The van der Waals surface area contributed by atoms with E-state index in [1.165, 1.54) is 6.42 Å². The fourth-order valence-electron chi connectivity index (χ4n) is 3.23. The maximum atomic E-state index is 12.1. The largest absolute Gasteiger partial charge is 0.342 e. The molecular formula is C16H24N4O2. The molecule has 0 bridgehead atoms. The normalized spacial score (nSPS) is 18.7. The van der Waals surface area contributed by atoms with Gasteiger partial charge in [0.2, 0.25) is 11.8 Å². The summed E-state index contributed by atoms with van der Waals surface area (Å²) in [5.41, 5.74) is 0. The second-order valence-electron chi connectivity index (χ2n) is 6.16. The van der Waals surface area contributed by atoms with Crippen molar-refractivity contribution in [1.29, 1.82) is 0 Å². The van der Waals surface area contributed by atoms with Crippen LogP contribution in [0.4, 0.5) is 5.82 Å². The predicted octanol–water partition coefficient (Wildman–Crippen LogP) is 1.95. The molecule has 1 saturated heterocycles. The summed E-state index contributed by atoms with van der Waals surface area (Å²) < 4.78 is 2.10. The highest BCUT2D eigenvalue weighted by Crippen LogP contribution is 2.19. The monoisotopic (exact) mass is 304 g/mol. The first-order chi connectivity index (χ1) is 10.7. The Balaban J connectivity index is 1.52. The van der Waals surface area contributed by atoms with Crippen molar-refractivity contribution in [2.24, 2.45) is 0 Å². The molecule has 6 nitrogen and oxygen atoms in total. The van der Waals surface area contributed by atoms with Crippen LogP contribution in [0, 0.1) is 0 Å². The number of rotatable bonds is 4. The molecule has 3 rings (SSSR count). The Morgan fingerprint density at radius 2 is 1.95 bits per heavy atom. The van der Waals surface area contributed by atoms with Crippen molar-refractivity contribution in [3.8, 4) is 0 Å². The number of amides is 2. The molecule has 0 saturated carbocycles. The van der Waals surface area contributed by atoms with Crippen molar-refractivity contribution in [1.82, 2.24) is 14.5 Å². The first-order valence-electron chi connectivity index (χ1n) is 8.36. The summed E-state index contributed by atoms with van der Waals surface area (Å²) in [6.07, 6.45) is 9.14. The van der Waals surface area contributed by atoms with E-state index < -0.39 is 0 Å². The average Bonchev–Trinajstić information content (AvgIpc) is 2.81. The van der Waals surface area contributed by atoms with Gasteiger partial charge in [0.15, 0.2) is 0 Å². The van der Waals surface area contributed by atoms with Crippen LogP contribution in [0.15, 0.2) is 6.20 Å². The van der Waals surface area contributed by atoms with Crippen LogP contribution in [-0.2, 0) is 22.6 Å². The fraction of sp³-hybridized carbons (Fsp3) is 0.688. The minimum Gasteiger partial charge on any atom is -0.342 e. The topological polar surface area (TPSA) is 67.2 Å². The van der Waals surface area contributed by atoms with Gasteiger partial charge in [0.25, 0.3) is 0 Å². The molecule has 22 heavy (non-hydrogen) atoms. The van der Waals surface area contributed by atoms with Crippen LogP contribution in [0.3, 0.4) is 0 Å². The molecule has 3 heterocycles. The van der Waals surface area contributed by atoms with Gasteiger partial charge in [-0.25, -0.2) is 4.98 Å². The number of carbonyl (C=O) groups excluding carboxylic acids is 2. The number of anilines is 1. The van der Waals surface area contributed by atoms with Gasteiger partial charge < -0.3 is 14.8 Å². The molecule has 2 amide bonds. The number of aryl methyl sites for hydroxylation is 1. The van der Waals surface area contributed by atoms with Gasteiger partial charge in [0.05, 0.1) is 6.20 Å². The van der Waals surface area contributed by atoms with Crippen LogP contribution >= 0.6 is 0 Å². The summed E-state index contributed by atoms with van der Waals surface area (Å²) in [6.45, 7) is 2.23. The summed E-state index contributed by atoms with van der Waals surface area (Å²) in [6, 6.07) is 0. The molecule has 0 unspecified atom stereocenters. The van der Waals surface area contributed by atoms with Crippen LogP contribution in [0.1, 0.15) is 50.8 Å². The molecule has 1 fully saturated rings. The third-order valence-corrected chi connectivity index (χ3v) is 4.52. The number of carbonyl (C=O) groups is 2. The van der Waals surface area contributed by atoms with Crippen LogP contribution in [-0.4, -0.2) is 39.4 Å². The highest BCUT2D eigenvalue weighted by atomic mass is 16.2. The van der Waals surface area contributed by atoms with Gasteiger partial charge in [0.1, 0.15) is 11.6 Å². The second kappa shape index (κ2) is 6.94. The molecule has 1 aromatic heterocycles. The zero-order chi connectivity index (χ0) is 15.4. The Bertz CT molecular complexity index is 552. The van der Waals surface area contributed by atoms with Crippen molar-refractivity contribution in [3.63, 3.8) is 0 Å². The number of aromatic nitrogens is 2. The number of nitrogens with zero attached hydrogens (tertiary/aromatic N) is 3. The molecule has 0 radical (unpaired) electrons. The summed E-state index contributed by atoms with van der Waals surface area (Å²) in [7, 11) is 0. The Morgan fingerprint density at radius 3 is 2.86 bits per heavy atom. The Labute approximate surface area is 130 Å². The third kappa shape index (κ3) is 3.48. The van der Waals surface area contributed by atoms with Crippen molar-refractivity contribution in [2.75, 3.05) is 18.4 Å². The molecule has 6 heteroatoms. The van der Waals surface area contributed by atoms with E-state index in [0.29, 0.717) is 19.4 Å². The Morgan fingerprint density at radius 1 is 1.14 bits per heavy atom. The Kier molecular flexibility index (Phi) is 4.75. The van der Waals surface area contributed by atoms with Gasteiger partial charge in [-0.3, -0.25) is 9.59 Å². The molecule has 1 aromatic rings. The number of likely N-dealkylation sites (tertiary alicyclic amines) is 1. The van der Waals surface area contributed by atoms with Crippen molar-refractivity contribution < 1.29 is 9.59 Å². The molecule has 0 atom stereocenters. The van der Waals surface area contributed by atoms with E-state index in [4.69, 9.17) is 0 Å². The number of hydrogen-bond acceptors (Lipinski definition) is 3. The molecule has 0 spiro atoms. The quantitative estimate of drug-likeness (QED) is 0.924. The number of hydrogen-bond donors (Lipinski definition) is 1. The summed E-state index contributed by atoms with van der Waals surface area (Å²) in [4.78, 5) is 30.3. The average molecular weight is 304 g/mol. The van der Waals surface area contributed by atoms with Gasteiger partial charge in [-0.15, -0.1) is 0 Å². The standard InChI is InChI=1S/C16H24N4O2/c21-15(8-11-19-9-4-1-2-7-16(19)22)18-14-12-17-13-6-3-5-10-20(13)14/h12H,1-11H2,(H,18,21). The number of imidazole rings is 1. The van der Waals surface area contributed by atoms with Crippen LogP contribution in [0.2, 0.25) is 0 Å². The van der Waals surface area contributed by atoms with Gasteiger partial charge in [0, 0.05) is 38.9 Å². The predicted molar refractivity (Wildman–Crippen MR) is 83.5 cm³/mol. The highest BCUT2D eigenvalue weighted by molar-refractivity contribution is 5.90. The van der Waals surface area contributed by atoms with Gasteiger partial charge in [-0.2, -0.15) is 0 Å². The van der Waals surface area contributed by atoms with E-state index >= 15 is 0 Å². The van der Waals surface area contributed by atoms with Gasteiger partial charge in [-0.1, -0.05) is 6.42 Å². The zero-order valence-electron chi connectivity index (χ0n) is 13.0. The van der Waals surface area contributed by atoms with E-state index in [0.717, 1.165) is 56.8 Å². The molecule has 2 aliphatic heterocycles. The maximum absolute atomic E-state index is 12.1. The number of nitrogens with one attached hydrogen (secondary N) is 1. The van der Waals surface area contributed by atoms with Crippen LogP contribution < -0.4 is 5.32 Å². The molecular weight excluding hydrogens is 280 g/mol. The lowest BCUT2D eigenvalue weighted by atomic mass is 10.2. The third-order valence-electron chi connectivity index (χ3n) is 4.52. The lowest BCUT2D eigenvalue weighted by Crippen LogP contribution is -2.33. The molecule has 0 aromatic carbocycles. The maximum Gasteiger partial charge on any atom is 0.227 e. The van der Waals surface area contributed by atoms with Crippen LogP contribution in [0.25, 0.3) is 0 Å². The molecule has 0 aliphatic carbocycles. The first kappa shape index (κ1) is 15.1. The SMILES string of the molecule is O=C(CCN1CCCCCC1=O)Nc1cnc2n1CCCC2.